The van der Waals surface area contributed by atoms with Gasteiger partial charge in [0.05, 0.1) is 4.90 Å². The Morgan fingerprint density at radius 1 is 1.12 bits per heavy atom. The highest BCUT2D eigenvalue weighted by atomic mass is 32.2. The molecular weight excluding hydrogens is 324 g/mol. The SMILES string of the molecule is C#CC[C@@H](CC(=O)Nc1ccc(S(N)(=O)=O)cc1)c1ccccc1. The van der Waals surface area contributed by atoms with Crippen molar-refractivity contribution in [2.45, 2.75) is 23.7 Å². The van der Waals surface area contributed by atoms with Gasteiger partial charge in [0.1, 0.15) is 0 Å². The molecule has 0 heterocycles. The fourth-order valence-corrected chi connectivity index (χ4v) is 2.85. The van der Waals surface area contributed by atoms with Crippen LogP contribution in [-0.4, -0.2) is 14.3 Å². The molecular formula is C18H18N2O3S. The zero-order chi connectivity index (χ0) is 17.6. The fourth-order valence-electron chi connectivity index (χ4n) is 2.34. The Balaban J connectivity index is 2.05. The predicted molar refractivity (Wildman–Crippen MR) is 93.7 cm³/mol. The summed E-state index contributed by atoms with van der Waals surface area (Å²) in [5.74, 6) is 2.34. The molecule has 2 aromatic carbocycles. The molecule has 0 aliphatic heterocycles. The van der Waals surface area contributed by atoms with Gasteiger partial charge in [-0.15, -0.1) is 12.3 Å². The molecule has 6 heteroatoms. The molecule has 1 amide bonds. The van der Waals surface area contributed by atoms with Crippen molar-refractivity contribution in [2.24, 2.45) is 5.14 Å². The Labute approximate surface area is 141 Å². The first-order valence-electron chi connectivity index (χ1n) is 7.31. The van der Waals surface area contributed by atoms with E-state index in [2.05, 4.69) is 11.2 Å². The topological polar surface area (TPSA) is 89.3 Å². The summed E-state index contributed by atoms with van der Waals surface area (Å²) in [5, 5.41) is 7.77. The van der Waals surface area contributed by atoms with Gasteiger partial charge in [-0.1, -0.05) is 30.3 Å². The van der Waals surface area contributed by atoms with Gasteiger partial charge in [-0.25, -0.2) is 13.6 Å². The minimum Gasteiger partial charge on any atom is -0.326 e. The van der Waals surface area contributed by atoms with Crippen molar-refractivity contribution in [3.8, 4) is 12.3 Å². The third-order valence-electron chi connectivity index (χ3n) is 3.53. The van der Waals surface area contributed by atoms with Crippen molar-refractivity contribution < 1.29 is 13.2 Å². The molecule has 124 valence electrons. The van der Waals surface area contributed by atoms with E-state index in [1.54, 1.807) is 0 Å². The van der Waals surface area contributed by atoms with Gasteiger partial charge >= 0.3 is 0 Å². The maximum atomic E-state index is 12.2. The van der Waals surface area contributed by atoms with Crippen LogP contribution in [0.2, 0.25) is 0 Å². The van der Waals surface area contributed by atoms with Crippen LogP contribution in [0.5, 0.6) is 0 Å². The predicted octanol–water partition coefficient (Wildman–Crippen LogP) is 2.47. The van der Waals surface area contributed by atoms with E-state index < -0.39 is 10.0 Å². The van der Waals surface area contributed by atoms with Crippen LogP contribution in [0.4, 0.5) is 5.69 Å². The summed E-state index contributed by atoms with van der Waals surface area (Å²) in [7, 11) is -3.75. The van der Waals surface area contributed by atoms with E-state index >= 15 is 0 Å². The van der Waals surface area contributed by atoms with E-state index in [1.165, 1.54) is 24.3 Å². The lowest BCUT2D eigenvalue weighted by atomic mass is 9.92. The first kappa shape index (κ1) is 17.7. The molecule has 0 aliphatic carbocycles. The maximum absolute atomic E-state index is 12.2. The van der Waals surface area contributed by atoms with E-state index in [-0.39, 0.29) is 23.1 Å². The van der Waals surface area contributed by atoms with Crippen molar-refractivity contribution in [2.75, 3.05) is 5.32 Å². The summed E-state index contributed by atoms with van der Waals surface area (Å²) in [5.41, 5.74) is 1.51. The third kappa shape index (κ3) is 4.95. The van der Waals surface area contributed by atoms with Crippen LogP contribution in [0, 0.1) is 12.3 Å². The Bertz CT molecular complexity index is 838. The number of sulfonamides is 1. The van der Waals surface area contributed by atoms with Crippen LogP contribution in [0.3, 0.4) is 0 Å². The molecule has 24 heavy (non-hydrogen) atoms. The number of anilines is 1. The summed E-state index contributed by atoms with van der Waals surface area (Å²) in [6, 6.07) is 15.3. The zero-order valence-electron chi connectivity index (χ0n) is 13.0. The van der Waals surface area contributed by atoms with E-state index in [1.807, 2.05) is 30.3 Å². The highest BCUT2D eigenvalue weighted by Gasteiger charge is 2.15. The van der Waals surface area contributed by atoms with Crippen molar-refractivity contribution >= 4 is 21.6 Å². The smallest absolute Gasteiger partial charge is 0.238 e. The molecule has 0 spiro atoms. The number of hydrogen-bond acceptors (Lipinski definition) is 3. The molecule has 3 N–H and O–H groups in total. The highest BCUT2D eigenvalue weighted by molar-refractivity contribution is 7.89. The van der Waals surface area contributed by atoms with E-state index in [0.717, 1.165) is 5.56 Å². The lowest BCUT2D eigenvalue weighted by molar-refractivity contribution is -0.116. The second-order valence-corrected chi connectivity index (χ2v) is 6.90. The molecule has 2 rings (SSSR count). The van der Waals surface area contributed by atoms with Crippen LogP contribution in [-0.2, 0) is 14.8 Å². The first-order valence-corrected chi connectivity index (χ1v) is 8.86. The highest BCUT2D eigenvalue weighted by Crippen LogP contribution is 2.23. The van der Waals surface area contributed by atoms with Gasteiger partial charge in [0.2, 0.25) is 15.9 Å². The number of benzene rings is 2. The Kier molecular flexibility index (Phi) is 5.74. The minimum absolute atomic E-state index is 0.00464. The summed E-state index contributed by atoms with van der Waals surface area (Å²) < 4.78 is 22.4. The molecule has 0 fully saturated rings. The lowest BCUT2D eigenvalue weighted by Gasteiger charge is -2.14. The Morgan fingerprint density at radius 2 is 1.75 bits per heavy atom. The second kappa shape index (κ2) is 7.77. The maximum Gasteiger partial charge on any atom is 0.238 e. The molecule has 0 saturated heterocycles. The normalized spacial score (nSPS) is 12.2. The molecule has 0 saturated carbocycles. The van der Waals surface area contributed by atoms with Crippen molar-refractivity contribution in [3.63, 3.8) is 0 Å². The second-order valence-electron chi connectivity index (χ2n) is 5.34. The standard InChI is InChI=1S/C18H18N2O3S/c1-2-6-15(14-7-4-3-5-8-14)13-18(21)20-16-9-11-17(12-10-16)24(19,22)23/h1,3-5,7-12,15H,6,13H2,(H,20,21)(H2,19,22,23)/t15-/m0/s1. The number of primary sulfonamides is 1. The van der Waals surface area contributed by atoms with Gasteiger partial charge in [0.25, 0.3) is 0 Å². The molecule has 0 bridgehead atoms. The number of carbonyl (C=O) groups is 1. The molecule has 0 radical (unpaired) electrons. The molecule has 0 aliphatic rings. The number of hydrogen-bond donors (Lipinski definition) is 2. The fraction of sp³-hybridized carbons (Fsp3) is 0.167. The van der Waals surface area contributed by atoms with Crippen LogP contribution in [0.1, 0.15) is 24.3 Å². The van der Waals surface area contributed by atoms with Crippen LogP contribution < -0.4 is 10.5 Å². The Morgan fingerprint density at radius 3 is 2.29 bits per heavy atom. The van der Waals surface area contributed by atoms with E-state index in [0.29, 0.717) is 12.1 Å². The van der Waals surface area contributed by atoms with E-state index in [4.69, 9.17) is 11.6 Å². The first-order chi connectivity index (χ1) is 11.4. The number of carbonyl (C=O) groups excluding carboxylic acids is 1. The molecule has 0 aromatic heterocycles. The van der Waals surface area contributed by atoms with Crippen LogP contribution in [0.15, 0.2) is 59.5 Å². The molecule has 5 nitrogen and oxygen atoms in total. The number of nitrogens with one attached hydrogen (secondary N) is 1. The number of rotatable bonds is 6. The van der Waals surface area contributed by atoms with Gasteiger partial charge < -0.3 is 5.32 Å². The van der Waals surface area contributed by atoms with E-state index in [9.17, 15) is 13.2 Å². The van der Waals surface area contributed by atoms with Gasteiger partial charge in [0.15, 0.2) is 0 Å². The summed E-state index contributed by atoms with van der Waals surface area (Å²) in [4.78, 5) is 12.2. The Hall–Kier alpha value is -2.62. The van der Waals surface area contributed by atoms with Crippen LogP contribution in [0.25, 0.3) is 0 Å². The molecule has 1 atom stereocenters. The lowest BCUT2D eigenvalue weighted by Crippen LogP contribution is -2.16. The zero-order valence-corrected chi connectivity index (χ0v) is 13.8. The van der Waals surface area contributed by atoms with Crippen molar-refractivity contribution in [1.29, 1.82) is 0 Å². The van der Waals surface area contributed by atoms with Gasteiger partial charge in [-0.05, 0) is 29.8 Å². The number of terminal acetylenes is 1. The van der Waals surface area contributed by atoms with Gasteiger partial charge in [-0.2, -0.15) is 0 Å². The average molecular weight is 342 g/mol. The summed E-state index contributed by atoms with van der Waals surface area (Å²) >= 11 is 0. The summed E-state index contributed by atoms with van der Waals surface area (Å²) in [6.45, 7) is 0. The monoisotopic (exact) mass is 342 g/mol. The van der Waals surface area contributed by atoms with Crippen LogP contribution >= 0.6 is 0 Å². The van der Waals surface area contributed by atoms with Crippen molar-refractivity contribution in [1.82, 2.24) is 0 Å². The molecule has 2 aromatic rings. The number of amides is 1. The minimum atomic E-state index is -3.75. The number of nitrogens with two attached hydrogens (primary N) is 1. The van der Waals surface area contributed by atoms with Gasteiger partial charge in [-0.3, -0.25) is 4.79 Å². The third-order valence-corrected chi connectivity index (χ3v) is 4.46. The summed E-state index contributed by atoms with van der Waals surface area (Å²) in [6.07, 6.45) is 6.10. The largest absolute Gasteiger partial charge is 0.326 e. The molecule has 0 unspecified atom stereocenters. The quantitative estimate of drug-likeness (QED) is 0.790. The van der Waals surface area contributed by atoms with Gasteiger partial charge in [0, 0.05) is 24.4 Å². The van der Waals surface area contributed by atoms with Crippen molar-refractivity contribution in [3.05, 3.63) is 60.2 Å². The average Bonchev–Trinajstić information content (AvgIpc) is 2.55.